The smallest absolute Gasteiger partial charge is 0.320 e. The summed E-state index contributed by atoms with van der Waals surface area (Å²) in [6.45, 7) is 1.61. The van der Waals surface area contributed by atoms with Crippen LogP contribution in [0.1, 0.15) is 26.7 Å². The number of hydrogen-bond donors (Lipinski definition) is 0. The van der Waals surface area contributed by atoms with Gasteiger partial charge in [-0.3, -0.25) is 9.47 Å². The fourth-order valence-corrected chi connectivity index (χ4v) is 2.77. The van der Waals surface area contributed by atoms with Gasteiger partial charge in [0.15, 0.2) is 0 Å². The van der Waals surface area contributed by atoms with E-state index in [1.165, 1.54) is 4.90 Å². The Morgan fingerprint density at radius 3 is 1.83 bits per heavy atom. The molecule has 0 saturated carbocycles. The van der Waals surface area contributed by atoms with Gasteiger partial charge in [-0.15, -0.1) is 26.3 Å². The number of ether oxygens (including phenoxy) is 2. The van der Waals surface area contributed by atoms with Crippen LogP contribution >= 0.6 is 0 Å². The molecule has 2 amide bonds. The quantitative estimate of drug-likeness (QED) is 0.619. The SMILES string of the molecule is CCC1(CC)CN(CCOC(F)(F)F)C(=O)N1CCOC(F)(F)F. The largest absolute Gasteiger partial charge is 0.522 e. The van der Waals surface area contributed by atoms with Gasteiger partial charge < -0.3 is 9.80 Å². The molecule has 0 unspecified atom stereocenters. The first-order chi connectivity index (χ1) is 10.9. The second kappa shape index (κ2) is 7.77. The van der Waals surface area contributed by atoms with Gasteiger partial charge in [-0.2, -0.15) is 0 Å². The lowest BCUT2D eigenvalue weighted by Gasteiger charge is -2.35. The Morgan fingerprint density at radius 2 is 1.42 bits per heavy atom. The third kappa shape index (κ3) is 5.69. The monoisotopic (exact) mass is 366 g/mol. The fraction of sp³-hybridized carbons (Fsp3) is 0.923. The summed E-state index contributed by atoms with van der Waals surface area (Å²) < 4.78 is 79.6. The number of rotatable bonds is 8. The molecule has 1 saturated heterocycles. The molecule has 11 heteroatoms. The van der Waals surface area contributed by atoms with E-state index in [-0.39, 0.29) is 19.6 Å². The fourth-order valence-electron chi connectivity index (χ4n) is 2.77. The summed E-state index contributed by atoms with van der Waals surface area (Å²) in [5.74, 6) is 0. The van der Waals surface area contributed by atoms with Crippen molar-refractivity contribution < 1.29 is 40.6 Å². The van der Waals surface area contributed by atoms with Crippen LogP contribution < -0.4 is 0 Å². The van der Waals surface area contributed by atoms with Crippen LogP contribution in [0.2, 0.25) is 0 Å². The first kappa shape index (κ1) is 20.8. The highest BCUT2D eigenvalue weighted by Gasteiger charge is 2.47. The van der Waals surface area contributed by atoms with Crippen molar-refractivity contribution in [1.29, 1.82) is 0 Å². The maximum absolute atomic E-state index is 12.3. The Balaban J connectivity index is 2.71. The lowest BCUT2D eigenvalue weighted by molar-refractivity contribution is -0.325. The molecule has 1 aliphatic heterocycles. The van der Waals surface area contributed by atoms with Crippen molar-refractivity contribution in [3.8, 4) is 0 Å². The van der Waals surface area contributed by atoms with Crippen LogP contribution in [0.4, 0.5) is 31.1 Å². The molecule has 1 aliphatic rings. The second-order valence-electron chi connectivity index (χ2n) is 5.38. The summed E-state index contributed by atoms with van der Waals surface area (Å²) in [5, 5.41) is 0. The highest BCUT2D eigenvalue weighted by Crippen LogP contribution is 2.33. The van der Waals surface area contributed by atoms with Gasteiger partial charge in [-0.1, -0.05) is 13.8 Å². The van der Waals surface area contributed by atoms with Crippen LogP contribution in [0, 0.1) is 0 Å². The molecule has 0 aromatic carbocycles. The number of alkyl halides is 6. The molecule has 142 valence electrons. The van der Waals surface area contributed by atoms with E-state index >= 15 is 0 Å². The van der Waals surface area contributed by atoms with E-state index in [4.69, 9.17) is 0 Å². The Hall–Kier alpha value is -1.23. The number of carbonyl (C=O) groups excluding carboxylic acids is 1. The van der Waals surface area contributed by atoms with Crippen LogP contribution in [0.25, 0.3) is 0 Å². The van der Waals surface area contributed by atoms with Crippen molar-refractivity contribution in [2.45, 2.75) is 45.0 Å². The number of carbonyl (C=O) groups is 1. The molecule has 0 N–H and O–H groups in total. The maximum Gasteiger partial charge on any atom is 0.522 e. The summed E-state index contributed by atoms with van der Waals surface area (Å²) in [7, 11) is 0. The molecule has 0 aromatic rings. The van der Waals surface area contributed by atoms with Gasteiger partial charge in [0.05, 0.1) is 18.8 Å². The zero-order valence-corrected chi connectivity index (χ0v) is 13.3. The minimum Gasteiger partial charge on any atom is -0.320 e. The Morgan fingerprint density at radius 1 is 0.958 bits per heavy atom. The maximum atomic E-state index is 12.3. The number of hydrogen-bond acceptors (Lipinski definition) is 3. The summed E-state index contributed by atoms with van der Waals surface area (Å²) in [6, 6.07) is -0.616. The molecule has 5 nitrogen and oxygen atoms in total. The van der Waals surface area contributed by atoms with E-state index < -0.39 is 37.5 Å². The van der Waals surface area contributed by atoms with Crippen molar-refractivity contribution in [3.05, 3.63) is 0 Å². The Bertz CT molecular complexity index is 423. The van der Waals surface area contributed by atoms with E-state index in [1.807, 2.05) is 0 Å². The molecule has 1 rings (SSSR count). The lowest BCUT2D eigenvalue weighted by atomic mass is 9.92. The zero-order valence-electron chi connectivity index (χ0n) is 13.3. The molecule has 0 aromatic heterocycles. The zero-order chi connectivity index (χ0) is 18.6. The summed E-state index contributed by atoms with van der Waals surface area (Å²) in [5.41, 5.74) is -0.732. The highest BCUT2D eigenvalue weighted by atomic mass is 19.4. The standard InChI is InChI=1S/C13H20F6N2O3/c1-3-11(4-2)9-20(5-7-23-12(14,15)16)10(22)21(11)6-8-24-13(17,18)19/h3-9H2,1-2H3. The van der Waals surface area contributed by atoms with Gasteiger partial charge in [0.25, 0.3) is 0 Å². The predicted octanol–water partition coefficient (Wildman–Crippen LogP) is 3.36. The van der Waals surface area contributed by atoms with Gasteiger partial charge in [0.1, 0.15) is 0 Å². The van der Waals surface area contributed by atoms with Crippen molar-refractivity contribution in [3.63, 3.8) is 0 Å². The highest BCUT2D eigenvalue weighted by molar-refractivity contribution is 5.78. The van der Waals surface area contributed by atoms with Crippen molar-refractivity contribution >= 4 is 6.03 Å². The van der Waals surface area contributed by atoms with Crippen LogP contribution in [-0.4, -0.2) is 66.9 Å². The first-order valence-corrected chi connectivity index (χ1v) is 7.42. The molecule has 1 heterocycles. The van der Waals surface area contributed by atoms with Crippen LogP contribution in [-0.2, 0) is 9.47 Å². The minimum absolute atomic E-state index is 0.131. The molecule has 0 spiro atoms. The van der Waals surface area contributed by atoms with Gasteiger partial charge in [0.2, 0.25) is 0 Å². The summed E-state index contributed by atoms with van der Waals surface area (Å²) in [6.07, 6.45) is -8.69. The third-order valence-corrected chi connectivity index (χ3v) is 4.08. The predicted molar refractivity (Wildman–Crippen MR) is 71.0 cm³/mol. The summed E-state index contributed by atoms with van der Waals surface area (Å²) in [4.78, 5) is 14.7. The number of urea groups is 1. The van der Waals surface area contributed by atoms with Crippen LogP contribution in [0.5, 0.6) is 0 Å². The topological polar surface area (TPSA) is 42.0 Å². The van der Waals surface area contributed by atoms with Crippen molar-refractivity contribution in [2.75, 3.05) is 32.8 Å². The van der Waals surface area contributed by atoms with E-state index in [9.17, 15) is 31.1 Å². The molecule has 0 radical (unpaired) electrons. The van der Waals surface area contributed by atoms with Gasteiger partial charge >= 0.3 is 18.8 Å². The molecule has 0 atom stereocenters. The van der Waals surface area contributed by atoms with Gasteiger partial charge in [-0.25, -0.2) is 4.79 Å². The number of halogens is 6. The number of nitrogens with zero attached hydrogens (tertiary/aromatic N) is 2. The normalized spacial score (nSPS) is 18.6. The molecule has 1 fully saturated rings. The Labute approximate surface area is 135 Å². The molecular formula is C13H20F6N2O3. The second-order valence-corrected chi connectivity index (χ2v) is 5.38. The third-order valence-electron chi connectivity index (χ3n) is 4.08. The molecule has 24 heavy (non-hydrogen) atoms. The average Bonchev–Trinajstić information content (AvgIpc) is 2.70. The van der Waals surface area contributed by atoms with Gasteiger partial charge in [-0.05, 0) is 12.8 Å². The van der Waals surface area contributed by atoms with Crippen molar-refractivity contribution in [1.82, 2.24) is 9.80 Å². The van der Waals surface area contributed by atoms with Crippen LogP contribution in [0.15, 0.2) is 0 Å². The molecular weight excluding hydrogens is 346 g/mol. The van der Waals surface area contributed by atoms with E-state index in [0.29, 0.717) is 12.8 Å². The van der Waals surface area contributed by atoms with Gasteiger partial charge in [0, 0.05) is 19.6 Å². The minimum atomic E-state index is -4.80. The lowest BCUT2D eigenvalue weighted by Crippen LogP contribution is -2.48. The van der Waals surface area contributed by atoms with E-state index in [0.717, 1.165) is 4.90 Å². The Kier molecular flexibility index (Phi) is 6.74. The average molecular weight is 366 g/mol. The van der Waals surface area contributed by atoms with E-state index in [2.05, 4.69) is 9.47 Å². The van der Waals surface area contributed by atoms with Crippen molar-refractivity contribution in [2.24, 2.45) is 0 Å². The molecule has 0 bridgehead atoms. The van der Waals surface area contributed by atoms with E-state index in [1.54, 1.807) is 13.8 Å². The van der Waals surface area contributed by atoms with Crippen LogP contribution in [0.3, 0.4) is 0 Å². The number of amides is 2. The molecule has 0 aliphatic carbocycles. The first-order valence-electron chi connectivity index (χ1n) is 7.42. The summed E-state index contributed by atoms with van der Waals surface area (Å²) >= 11 is 0.